The van der Waals surface area contributed by atoms with Gasteiger partial charge < -0.3 is 9.47 Å². The average molecular weight is 618 g/mol. The van der Waals surface area contributed by atoms with Crippen molar-refractivity contribution < 1.29 is 28.7 Å². The molecule has 2 saturated carbocycles. The lowest BCUT2D eigenvalue weighted by Crippen LogP contribution is -2.28. The Morgan fingerprint density at radius 3 is 1.81 bits per heavy atom. The van der Waals surface area contributed by atoms with Crippen molar-refractivity contribution in [3.63, 3.8) is 0 Å². The lowest BCUT2D eigenvalue weighted by molar-refractivity contribution is -0.141. The van der Waals surface area contributed by atoms with Crippen LogP contribution in [0.5, 0.6) is 11.5 Å². The van der Waals surface area contributed by atoms with Crippen molar-refractivity contribution in [3.8, 4) is 21.4 Å². The third kappa shape index (κ3) is 6.29. The van der Waals surface area contributed by atoms with Crippen molar-refractivity contribution in [1.29, 1.82) is 0 Å². The van der Waals surface area contributed by atoms with E-state index in [9.17, 15) is 19.2 Å². The number of aromatic nitrogens is 1. The van der Waals surface area contributed by atoms with E-state index in [2.05, 4.69) is 31.2 Å². The lowest BCUT2D eigenvalue weighted by atomic mass is 9.80. The molecule has 2 heterocycles. The quantitative estimate of drug-likeness (QED) is 0.153. The fourth-order valence-corrected chi connectivity index (χ4v) is 8.47. The van der Waals surface area contributed by atoms with Crippen molar-refractivity contribution in [3.05, 3.63) is 42.0 Å². The van der Waals surface area contributed by atoms with Gasteiger partial charge in [-0.3, -0.25) is 19.2 Å². The number of ketones is 2. The van der Waals surface area contributed by atoms with E-state index < -0.39 is 0 Å². The topological polar surface area (TPSA) is 99.6 Å². The Morgan fingerprint density at radius 2 is 1.23 bits per heavy atom. The van der Waals surface area contributed by atoms with Crippen LogP contribution in [0.2, 0.25) is 0 Å². The van der Waals surface area contributed by atoms with Crippen LogP contribution >= 0.6 is 22.7 Å². The first-order valence-corrected chi connectivity index (χ1v) is 16.7. The summed E-state index contributed by atoms with van der Waals surface area (Å²) < 4.78 is 13.7. The SMILES string of the molecule is CC(=O)C1CCC(C(=O)Oc2ccc(OC(=O)C3CCC(C(C)=O)CC3)c3sc(-c4cc5cc(C)ccc5s4)nc23)CC1. The van der Waals surface area contributed by atoms with Crippen LogP contribution < -0.4 is 9.47 Å². The van der Waals surface area contributed by atoms with Gasteiger partial charge in [0.05, 0.1) is 16.7 Å². The third-order valence-electron chi connectivity index (χ3n) is 9.04. The van der Waals surface area contributed by atoms with Gasteiger partial charge in [-0.15, -0.1) is 22.7 Å². The molecule has 2 aliphatic rings. The highest BCUT2D eigenvalue weighted by atomic mass is 32.1. The highest BCUT2D eigenvalue weighted by Gasteiger charge is 2.32. The summed E-state index contributed by atoms with van der Waals surface area (Å²) in [6, 6.07) is 11.8. The summed E-state index contributed by atoms with van der Waals surface area (Å²) in [5.41, 5.74) is 1.67. The van der Waals surface area contributed by atoms with Gasteiger partial charge in [0.1, 0.15) is 26.8 Å². The Bertz CT molecular complexity index is 1630. The monoisotopic (exact) mass is 617 g/mol. The van der Waals surface area contributed by atoms with Crippen LogP contribution in [0.15, 0.2) is 36.4 Å². The normalized spacial score (nSPS) is 22.4. The molecule has 0 saturated heterocycles. The number of benzene rings is 2. The highest BCUT2D eigenvalue weighted by Crippen LogP contribution is 2.44. The number of carbonyl (C=O) groups is 4. The number of rotatable bonds is 7. The fourth-order valence-electron chi connectivity index (χ4n) is 6.35. The Kier molecular flexibility index (Phi) is 8.47. The Morgan fingerprint density at radius 1 is 0.698 bits per heavy atom. The predicted molar refractivity (Wildman–Crippen MR) is 169 cm³/mol. The molecule has 2 aromatic carbocycles. The maximum absolute atomic E-state index is 13.2. The van der Waals surface area contributed by atoms with Crippen molar-refractivity contribution in [1.82, 2.24) is 4.98 Å². The molecule has 43 heavy (non-hydrogen) atoms. The smallest absolute Gasteiger partial charge is 0.314 e. The molecule has 4 aromatic rings. The number of aryl methyl sites for hydroxylation is 1. The van der Waals surface area contributed by atoms with Gasteiger partial charge in [-0.2, -0.15) is 0 Å². The van der Waals surface area contributed by atoms with Crippen LogP contribution in [-0.2, 0) is 19.2 Å². The van der Waals surface area contributed by atoms with E-state index in [1.807, 2.05) is 0 Å². The van der Waals surface area contributed by atoms with Crippen LogP contribution in [0.25, 0.3) is 30.2 Å². The van der Waals surface area contributed by atoms with Gasteiger partial charge in [-0.05, 0) is 102 Å². The maximum Gasteiger partial charge on any atom is 0.314 e. The number of carbonyl (C=O) groups excluding carboxylic acids is 4. The largest absolute Gasteiger partial charge is 0.425 e. The molecule has 0 atom stereocenters. The molecule has 0 spiro atoms. The molecule has 2 fully saturated rings. The average Bonchev–Trinajstić information content (AvgIpc) is 3.63. The van der Waals surface area contributed by atoms with Crippen molar-refractivity contribution in [2.75, 3.05) is 0 Å². The molecule has 6 rings (SSSR count). The highest BCUT2D eigenvalue weighted by molar-refractivity contribution is 7.28. The lowest BCUT2D eigenvalue weighted by Gasteiger charge is -2.25. The number of fused-ring (bicyclic) bond motifs is 2. The number of hydrogen-bond donors (Lipinski definition) is 0. The number of thiophene rings is 1. The van der Waals surface area contributed by atoms with Crippen LogP contribution in [0.4, 0.5) is 0 Å². The molecule has 2 aliphatic carbocycles. The van der Waals surface area contributed by atoms with Gasteiger partial charge in [0.25, 0.3) is 0 Å². The number of nitrogens with zero attached hydrogens (tertiary/aromatic N) is 1. The number of ether oxygens (including phenoxy) is 2. The van der Waals surface area contributed by atoms with Crippen LogP contribution in [0, 0.1) is 30.6 Å². The van der Waals surface area contributed by atoms with Crippen LogP contribution in [-0.4, -0.2) is 28.5 Å². The predicted octanol–water partition coefficient (Wildman–Crippen LogP) is 8.09. The first kappa shape index (κ1) is 29.6. The van der Waals surface area contributed by atoms with E-state index >= 15 is 0 Å². The summed E-state index contributed by atoms with van der Waals surface area (Å²) in [6.07, 6.45) is 5.29. The summed E-state index contributed by atoms with van der Waals surface area (Å²) >= 11 is 3.06. The maximum atomic E-state index is 13.2. The first-order chi connectivity index (χ1) is 20.7. The fraction of sp³-hybridized carbons (Fsp3) is 0.441. The van der Waals surface area contributed by atoms with E-state index in [1.54, 1.807) is 37.3 Å². The Labute approximate surface area is 258 Å². The second-order valence-corrected chi connectivity index (χ2v) is 14.2. The van der Waals surface area contributed by atoms with E-state index in [-0.39, 0.29) is 47.2 Å². The second kappa shape index (κ2) is 12.3. The summed E-state index contributed by atoms with van der Waals surface area (Å²) in [5, 5.41) is 1.90. The van der Waals surface area contributed by atoms with E-state index in [0.29, 0.717) is 73.1 Å². The van der Waals surface area contributed by atoms with Crippen LogP contribution in [0.1, 0.15) is 70.8 Å². The number of Topliss-reactive ketones (excluding diaryl/α,β-unsaturated/α-hetero) is 2. The second-order valence-electron chi connectivity index (χ2n) is 12.1. The molecule has 224 valence electrons. The number of thiazole rings is 1. The van der Waals surface area contributed by atoms with Gasteiger partial charge in [-0.1, -0.05) is 17.7 Å². The zero-order chi connectivity index (χ0) is 30.2. The molecule has 0 unspecified atom stereocenters. The summed E-state index contributed by atoms with van der Waals surface area (Å²) in [6.45, 7) is 5.29. The van der Waals surface area contributed by atoms with Gasteiger partial charge in [0, 0.05) is 16.5 Å². The van der Waals surface area contributed by atoms with E-state index in [4.69, 9.17) is 14.5 Å². The minimum absolute atomic E-state index is 0.0217. The molecule has 0 N–H and O–H groups in total. The molecule has 0 aliphatic heterocycles. The summed E-state index contributed by atoms with van der Waals surface area (Å²) in [7, 11) is 0. The standard InChI is InChI=1S/C34H35NO6S2/c1-18-4-15-28-25(16-18)17-29(42-28)32-35-30-26(40-33(38)23-9-5-21(6-10-23)19(2)36)13-14-27(31(30)43-32)41-34(39)24-11-7-22(8-12-24)20(3)37/h4,13-17,21-24H,5-12H2,1-3H3. The van der Waals surface area contributed by atoms with Gasteiger partial charge in [0.15, 0.2) is 11.5 Å². The molecule has 0 bridgehead atoms. The van der Waals surface area contributed by atoms with Gasteiger partial charge in [0.2, 0.25) is 0 Å². The number of esters is 2. The Hall–Kier alpha value is -3.43. The zero-order valence-corrected chi connectivity index (χ0v) is 26.3. The van der Waals surface area contributed by atoms with Crippen molar-refractivity contribution in [2.45, 2.75) is 72.1 Å². The van der Waals surface area contributed by atoms with E-state index in [0.717, 1.165) is 20.0 Å². The minimum Gasteiger partial charge on any atom is -0.425 e. The minimum atomic E-state index is -0.317. The first-order valence-electron chi connectivity index (χ1n) is 15.0. The van der Waals surface area contributed by atoms with E-state index in [1.165, 1.54) is 16.9 Å². The Balaban J connectivity index is 1.29. The molecule has 7 nitrogen and oxygen atoms in total. The molecule has 9 heteroatoms. The zero-order valence-electron chi connectivity index (χ0n) is 24.6. The van der Waals surface area contributed by atoms with Crippen LogP contribution in [0.3, 0.4) is 0 Å². The molecular formula is C34H35NO6S2. The molecular weight excluding hydrogens is 583 g/mol. The van der Waals surface area contributed by atoms with Gasteiger partial charge in [-0.25, -0.2) is 4.98 Å². The third-order valence-corrected chi connectivity index (χ3v) is 11.4. The van der Waals surface area contributed by atoms with Gasteiger partial charge >= 0.3 is 11.9 Å². The van der Waals surface area contributed by atoms with Crippen molar-refractivity contribution >= 4 is 66.5 Å². The van der Waals surface area contributed by atoms with Crippen molar-refractivity contribution in [2.24, 2.45) is 23.7 Å². The summed E-state index contributed by atoms with van der Waals surface area (Å²) in [5.74, 6) is 0.000432. The molecule has 0 amide bonds. The summed E-state index contributed by atoms with van der Waals surface area (Å²) in [4.78, 5) is 55.9. The molecule has 2 aromatic heterocycles. The number of hydrogen-bond acceptors (Lipinski definition) is 9. The molecule has 0 radical (unpaired) electrons.